The number of esters is 1. The molecule has 1 atom stereocenters. The van der Waals surface area contributed by atoms with E-state index in [2.05, 4.69) is 19.9 Å². The normalized spacial score (nSPS) is 24.9. The molecule has 0 aromatic heterocycles. The van der Waals surface area contributed by atoms with Gasteiger partial charge in [0.1, 0.15) is 11.1 Å². The van der Waals surface area contributed by atoms with Gasteiger partial charge in [-0.2, -0.15) is 0 Å². The van der Waals surface area contributed by atoms with E-state index in [0.717, 1.165) is 17.5 Å². The van der Waals surface area contributed by atoms with Crippen LogP contribution in [-0.4, -0.2) is 11.6 Å². The standard InChI is InChI=1S/C17H25NO2/c1-15(2,3)20-14(19)17(18)11-10-16(4,5)12-8-6-7-9-13(12)17/h6-9H,10-11,18H2,1-5H3. The Balaban J connectivity index is 2.46. The van der Waals surface area contributed by atoms with E-state index in [1.54, 1.807) is 0 Å². The molecule has 0 amide bonds. The highest BCUT2D eigenvalue weighted by Gasteiger charge is 2.47. The molecule has 2 N–H and O–H groups in total. The monoisotopic (exact) mass is 275 g/mol. The summed E-state index contributed by atoms with van der Waals surface area (Å²) in [5, 5.41) is 0. The number of rotatable bonds is 1. The smallest absolute Gasteiger partial charge is 0.331 e. The summed E-state index contributed by atoms with van der Waals surface area (Å²) >= 11 is 0. The van der Waals surface area contributed by atoms with Crippen molar-refractivity contribution in [1.29, 1.82) is 0 Å². The second kappa shape index (κ2) is 4.59. The molecule has 0 fully saturated rings. The molecule has 1 unspecified atom stereocenters. The molecule has 0 bridgehead atoms. The van der Waals surface area contributed by atoms with Crippen molar-refractivity contribution >= 4 is 5.97 Å². The maximum absolute atomic E-state index is 12.6. The van der Waals surface area contributed by atoms with Crippen LogP contribution in [0.5, 0.6) is 0 Å². The van der Waals surface area contributed by atoms with Crippen LogP contribution in [0.3, 0.4) is 0 Å². The van der Waals surface area contributed by atoms with Gasteiger partial charge < -0.3 is 10.5 Å². The predicted molar refractivity (Wildman–Crippen MR) is 80.4 cm³/mol. The van der Waals surface area contributed by atoms with Crippen LogP contribution in [-0.2, 0) is 20.5 Å². The van der Waals surface area contributed by atoms with E-state index in [9.17, 15) is 4.79 Å². The fraction of sp³-hybridized carbons (Fsp3) is 0.588. The number of fused-ring (bicyclic) bond motifs is 1. The first kappa shape index (κ1) is 15.0. The van der Waals surface area contributed by atoms with Crippen LogP contribution in [0.2, 0.25) is 0 Å². The van der Waals surface area contributed by atoms with Gasteiger partial charge in [0.25, 0.3) is 0 Å². The van der Waals surface area contributed by atoms with Crippen LogP contribution in [0.1, 0.15) is 58.6 Å². The van der Waals surface area contributed by atoms with Gasteiger partial charge >= 0.3 is 5.97 Å². The zero-order chi connectivity index (χ0) is 15.2. The second-order valence-corrected chi connectivity index (χ2v) is 7.40. The Hall–Kier alpha value is -1.35. The van der Waals surface area contributed by atoms with Crippen LogP contribution in [0.4, 0.5) is 0 Å². The fourth-order valence-corrected chi connectivity index (χ4v) is 2.82. The largest absolute Gasteiger partial charge is 0.458 e. The minimum atomic E-state index is -1.03. The van der Waals surface area contributed by atoms with Crippen LogP contribution < -0.4 is 5.73 Å². The molecule has 0 radical (unpaired) electrons. The number of hydrogen-bond donors (Lipinski definition) is 1. The molecule has 1 aliphatic rings. The SMILES string of the molecule is CC(C)(C)OC(=O)C1(N)CCC(C)(C)c2ccccc21. The predicted octanol–water partition coefficient (Wildman–Crippen LogP) is 3.25. The van der Waals surface area contributed by atoms with Crippen molar-refractivity contribution in [1.82, 2.24) is 0 Å². The van der Waals surface area contributed by atoms with Gasteiger partial charge in [0.2, 0.25) is 0 Å². The summed E-state index contributed by atoms with van der Waals surface area (Å²) < 4.78 is 5.54. The Morgan fingerprint density at radius 2 is 1.70 bits per heavy atom. The van der Waals surface area contributed by atoms with Crippen molar-refractivity contribution in [3.8, 4) is 0 Å². The van der Waals surface area contributed by atoms with E-state index in [1.807, 2.05) is 39.0 Å². The van der Waals surface area contributed by atoms with E-state index < -0.39 is 11.1 Å². The Labute approximate surface area is 121 Å². The molecule has 0 aliphatic heterocycles. The third kappa shape index (κ3) is 2.59. The maximum atomic E-state index is 12.6. The highest BCUT2D eigenvalue weighted by Crippen LogP contribution is 2.44. The number of hydrogen-bond acceptors (Lipinski definition) is 3. The van der Waals surface area contributed by atoms with Gasteiger partial charge in [0, 0.05) is 0 Å². The van der Waals surface area contributed by atoms with E-state index in [-0.39, 0.29) is 11.4 Å². The van der Waals surface area contributed by atoms with Gasteiger partial charge in [0.15, 0.2) is 0 Å². The van der Waals surface area contributed by atoms with Crippen molar-refractivity contribution in [2.24, 2.45) is 5.73 Å². The lowest BCUT2D eigenvalue weighted by molar-refractivity contribution is -0.163. The number of benzene rings is 1. The molecule has 3 nitrogen and oxygen atoms in total. The Morgan fingerprint density at radius 1 is 1.15 bits per heavy atom. The van der Waals surface area contributed by atoms with Crippen LogP contribution >= 0.6 is 0 Å². The van der Waals surface area contributed by atoms with Gasteiger partial charge in [0.05, 0.1) is 0 Å². The summed E-state index contributed by atoms with van der Waals surface area (Å²) in [6.45, 7) is 9.99. The summed E-state index contributed by atoms with van der Waals surface area (Å²) in [6, 6.07) is 7.97. The highest BCUT2D eigenvalue weighted by molar-refractivity contribution is 5.84. The highest BCUT2D eigenvalue weighted by atomic mass is 16.6. The first-order valence-electron chi connectivity index (χ1n) is 7.19. The molecule has 1 aromatic carbocycles. The summed E-state index contributed by atoms with van der Waals surface area (Å²) in [6.07, 6.45) is 1.49. The molecule has 2 rings (SSSR count). The van der Waals surface area contributed by atoms with Gasteiger partial charge in [-0.15, -0.1) is 0 Å². The molecule has 1 aromatic rings. The van der Waals surface area contributed by atoms with Gasteiger partial charge in [-0.25, -0.2) is 4.79 Å². The van der Waals surface area contributed by atoms with Gasteiger partial charge in [-0.05, 0) is 50.2 Å². The lowest BCUT2D eigenvalue weighted by atomic mass is 9.66. The summed E-state index contributed by atoms with van der Waals surface area (Å²) in [5.41, 5.74) is 7.02. The average molecular weight is 275 g/mol. The van der Waals surface area contributed by atoms with E-state index in [4.69, 9.17) is 10.5 Å². The molecule has 1 aliphatic carbocycles. The summed E-state index contributed by atoms with van der Waals surface area (Å²) in [4.78, 5) is 12.6. The first-order chi connectivity index (χ1) is 9.06. The molecular weight excluding hydrogens is 250 g/mol. The van der Waals surface area contributed by atoms with Crippen molar-refractivity contribution < 1.29 is 9.53 Å². The average Bonchev–Trinajstić information content (AvgIpc) is 2.33. The van der Waals surface area contributed by atoms with Crippen LogP contribution in [0, 0.1) is 0 Å². The molecule has 0 saturated heterocycles. The minimum absolute atomic E-state index is 0.0431. The number of ether oxygens (including phenoxy) is 1. The lowest BCUT2D eigenvalue weighted by Crippen LogP contribution is -2.52. The van der Waals surface area contributed by atoms with Crippen molar-refractivity contribution in [3.05, 3.63) is 35.4 Å². The van der Waals surface area contributed by atoms with E-state index in [1.165, 1.54) is 0 Å². The molecule has 110 valence electrons. The number of carbonyl (C=O) groups is 1. The van der Waals surface area contributed by atoms with Crippen LogP contribution in [0.25, 0.3) is 0 Å². The Bertz CT molecular complexity index is 528. The summed E-state index contributed by atoms with van der Waals surface area (Å²) in [5.74, 6) is -0.326. The van der Waals surface area contributed by atoms with E-state index >= 15 is 0 Å². The maximum Gasteiger partial charge on any atom is 0.331 e. The topological polar surface area (TPSA) is 52.3 Å². The molecule has 3 heteroatoms. The number of carbonyl (C=O) groups excluding carboxylic acids is 1. The zero-order valence-corrected chi connectivity index (χ0v) is 13.1. The van der Waals surface area contributed by atoms with Gasteiger partial charge in [-0.3, -0.25) is 0 Å². The Morgan fingerprint density at radius 3 is 2.25 bits per heavy atom. The first-order valence-corrected chi connectivity index (χ1v) is 7.19. The lowest BCUT2D eigenvalue weighted by Gasteiger charge is -2.42. The van der Waals surface area contributed by atoms with Crippen molar-refractivity contribution in [2.45, 2.75) is 64.0 Å². The molecule has 0 spiro atoms. The van der Waals surface area contributed by atoms with Crippen LogP contribution in [0.15, 0.2) is 24.3 Å². The minimum Gasteiger partial charge on any atom is -0.458 e. The third-order valence-corrected chi connectivity index (χ3v) is 4.04. The zero-order valence-electron chi connectivity index (χ0n) is 13.1. The quantitative estimate of drug-likeness (QED) is 0.800. The third-order valence-electron chi connectivity index (χ3n) is 4.04. The van der Waals surface area contributed by atoms with Crippen molar-refractivity contribution in [3.63, 3.8) is 0 Å². The second-order valence-electron chi connectivity index (χ2n) is 7.40. The summed E-state index contributed by atoms with van der Waals surface area (Å²) in [7, 11) is 0. The van der Waals surface area contributed by atoms with Gasteiger partial charge in [-0.1, -0.05) is 38.1 Å². The molecular formula is C17H25NO2. The molecule has 20 heavy (non-hydrogen) atoms. The van der Waals surface area contributed by atoms with E-state index in [0.29, 0.717) is 6.42 Å². The molecule has 0 saturated carbocycles. The number of nitrogens with two attached hydrogens (primary N) is 1. The van der Waals surface area contributed by atoms with Crippen molar-refractivity contribution in [2.75, 3.05) is 0 Å². The molecule has 0 heterocycles. The Kier molecular flexibility index (Phi) is 3.45. The fourth-order valence-electron chi connectivity index (χ4n) is 2.82.